The molecular formula is C17H12F2N2O4. The molecule has 3 aromatic rings. The van der Waals surface area contributed by atoms with Gasteiger partial charge in [-0.2, -0.15) is 4.68 Å². The molecule has 0 radical (unpaired) electrons. The molecule has 0 bridgehead atoms. The van der Waals surface area contributed by atoms with Gasteiger partial charge in [0.2, 0.25) is 5.89 Å². The predicted octanol–water partition coefficient (Wildman–Crippen LogP) is 2.70. The van der Waals surface area contributed by atoms with E-state index in [-0.39, 0.29) is 25.8 Å². The van der Waals surface area contributed by atoms with Gasteiger partial charge in [-0.1, -0.05) is 0 Å². The van der Waals surface area contributed by atoms with Crippen LogP contribution in [0.5, 0.6) is 5.75 Å². The molecule has 25 heavy (non-hydrogen) atoms. The Kier molecular flexibility index (Phi) is 3.81. The van der Waals surface area contributed by atoms with Gasteiger partial charge in [0.25, 0.3) is 0 Å². The molecule has 1 aliphatic rings. The van der Waals surface area contributed by atoms with Gasteiger partial charge in [0.1, 0.15) is 17.4 Å². The summed E-state index contributed by atoms with van der Waals surface area (Å²) in [4.78, 5) is 12.0. The largest absolute Gasteiger partial charge is 0.467 e. The predicted molar refractivity (Wildman–Crippen MR) is 81.9 cm³/mol. The number of fused-ring (bicyclic) bond motifs is 1. The lowest BCUT2D eigenvalue weighted by atomic mass is 10.1. The summed E-state index contributed by atoms with van der Waals surface area (Å²) in [6.45, 7) is 0.262. The second kappa shape index (κ2) is 6.14. The van der Waals surface area contributed by atoms with Crippen LogP contribution in [0.3, 0.4) is 0 Å². The molecule has 0 atom stereocenters. The molecule has 2 aromatic carbocycles. The van der Waals surface area contributed by atoms with Crippen LogP contribution < -0.4 is 10.5 Å². The highest BCUT2D eigenvalue weighted by Crippen LogP contribution is 2.30. The molecule has 8 heteroatoms. The lowest BCUT2D eigenvalue weighted by molar-refractivity contribution is -0.0173. The highest BCUT2D eigenvalue weighted by molar-refractivity contribution is 5.51. The van der Waals surface area contributed by atoms with Gasteiger partial charge in [-0.15, -0.1) is 5.10 Å². The van der Waals surface area contributed by atoms with E-state index in [1.807, 2.05) is 0 Å². The average Bonchev–Trinajstić information content (AvgIpc) is 2.96. The van der Waals surface area contributed by atoms with Gasteiger partial charge < -0.3 is 13.9 Å². The standard InChI is InChI=1S/C17H12F2N2O4/c18-13-3-1-10(2-4-13)16-20-21(17(22)25-16)7-11-5-14(19)6-12-8-23-9-24-15(11)12/h1-6H,7-9H2. The monoisotopic (exact) mass is 346 g/mol. The molecule has 0 spiro atoms. The van der Waals surface area contributed by atoms with Crippen molar-refractivity contribution in [3.05, 3.63) is 69.7 Å². The number of hydrogen-bond acceptors (Lipinski definition) is 5. The molecule has 0 N–H and O–H groups in total. The maximum atomic E-state index is 13.8. The summed E-state index contributed by atoms with van der Waals surface area (Å²) < 4.78 is 43.5. The number of rotatable bonds is 3. The maximum Gasteiger partial charge on any atom is 0.437 e. The molecular weight excluding hydrogens is 334 g/mol. The lowest BCUT2D eigenvalue weighted by Crippen LogP contribution is -2.19. The Balaban J connectivity index is 1.69. The first-order chi connectivity index (χ1) is 12.1. The van der Waals surface area contributed by atoms with E-state index in [2.05, 4.69) is 5.10 Å². The van der Waals surface area contributed by atoms with Crippen molar-refractivity contribution in [2.45, 2.75) is 13.2 Å². The zero-order valence-electron chi connectivity index (χ0n) is 12.9. The van der Waals surface area contributed by atoms with E-state index in [1.165, 1.54) is 36.4 Å². The van der Waals surface area contributed by atoms with Gasteiger partial charge in [-0.05, 0) is 36.4 Å². The van der Waals surface area contributed by atoms with Crippen LogP contribution in [-0.4, -0.2) is 16.6 Å². The van der Waals surface area contributed by atoms with Gasteiger partial charge in [0.15, 0.2) is 6.79 Å². The molecule has 0 saturated carbocycles. The van der Waals surface area contributed by atoms with Crippen LogP contribution in [0.25, 0.3) is 11.5 Å². The molecule has 4 rings (SSSR count). The summed E-state index contributed by atoms with van der Waals surface area (Å²) in [5, 5.41) is 4.09. The smallest absolute Gasteiger partial charge is 0.437 e. The Bertz CT molecular complexity index is 979. The lowest BCUT2D eigenvalue weighted by Gasteiger charge is -2.20. The minimum absolute atomic E-state index is 0.0242. The fourth-order valence-electron chi connectivity index (χ4n) is 2.65. The highest BCUT2D eigenvalue weighted by atomic mass is 19.1. The number of benzene rings is 2. The molecule has 128 valence electrons. The molecule has 1 aromatic heterocycles. The van der Waals surface area contributed by atoms with Crippen molar-refractivity contribution in [2.75, 3.05) is 6.79 Å². The van der Waals surface area contributed by atoms with Gasteiger partial charge in [0, 0.05) is 16.7 Å². The van der Waals surface area contributed by atoms with Crippen molar-refractivity contribution in [3.63, 3.8) is 0 Å². The molecule has 0 fully saturated rings. The summed E-state index contributed by atoms with van der Waals surface area (Å²) >= 11 is 0. The zero-order valence-corrected chi connectivity index (χ0v) is 12.9. The normalized spacial score (nSPS) is 13.4. The third-order valence-electron chi connectivity index (χ3n) is 3.77. The highest BCUT2D eigenvalue weighted by Gasteiger charge is 2.19. The SMILES string of the molecule is O=c1oc(-c2ccc(F)cc2)nn1Cc1cc(F)cc2c1OCOC2. The third-order valence-corrected chi connectivity index (χ3v) is 3.77. The maximum absolute atomic E-state index is 13.8. The second-order valence-electron chi connectivity index (χ2n) is 5.50. The fraction of sp³-hybridized carbons (Fsp3) is 0.176. The first-order valence-electron chi connectivity index (χ1n) is 7.46. The van der Waals surface area contributed by atoms with Crippen molar-refractivity contribution in [3.8, 4) is 17.2 Å². The van der Waals surface area contributed by atoms with Crippen LogP contribution >= 0.6 is 0 Å². The average molecular weight is 346 g/mol. The van der Waals surface area contributed by atoms with Crippen molar-refractivity contribution in [1.82, 2.24) is 9.78 Å². The van der Waals surface area contributed by atoms with Gasteiger partial charge in [0.05, 0.1) is 13.2 Å². The Labute approximate surface area is 140 Å². The first-order valence-corrected chi connectivity index (χ1v) is 7.46. The third kappa shape index (κ3) is 3.03. The molecule has 0 amide bonds. The Morgan fingerprint density at radius 1 is 1.12 bits per heavy atom. The topological polar surface area (TPSA) is 66.5 Å². The molecule has 6 nitrogen and oxygen atoms in total. The Morgan fingerprint density at radius 3 is 2.72 bits per heavy atom. The van der Waals surface area contributed by atoms with Gasteiger partial charge >= 0.3 is 5.76 Å². The minimum Gasteiger partial charge on any atom is -0.467 e. The number of ether oxygens (including phenoxy) is 2. The fourth-order valence-corrected chi connectivity index (χ4v) is 2.65. The number of aromatic nitrogens is 2. The van der Waals surface area contributed by atoms with E-state index in [1.54, 1.807) is 0 Å². The van der Waals surface area contributed by atoms with Crippen LogP contribution in [0.2, 0.25) is 0 Å². The summed E-state index contributed by atoms with van der Waals surface area (Å²) in [5.74, 6) is -1.04. The number of nitrogens with zero attached hydrogens (tertiary/aromatic N) is 2. The second-order valence-corrected chi connectivity index (χ2v) is 5.50. The van der Waals surface area contributed by atoms with E-state index >= 15 is 0 Å². The van der Waals surface area contributed by atoms with Crippen molar-refractivity contribution in [1.29, 1.82) is 0 Å². The first kappa shape index (κ1) is 15.5. The van der Waals surface area contributed by atoms with E-state index in [4.69, 9.17) is 13.9 Å². The summed E-state index contributed by atoms with van der Waals surface area (Å²) in [6, 6.07) is 8.00. The molecule has 0 unspecified atom stereocenters. The van der Waals surface area contributed by atoms with E-state index < -0.39 is 17.4 Å². The minimum atomic E-state index is -0.704. The number of halogens is 2. The summed E-state index contributed by atoms with van der Waals surface area (Å²) in [7, 11) is 0. The van der Waals surface area contributed by atoms with Crippen LogP contribution in [0.15, 0.2) is 45.6 Å². The molecule has 0 saturated heterocycles. The molecule has 0 aliphatic carbocycles. The number of hydrogen-bond donors (Lipinski definition) is 0. The van der Waals surface area contributed by atoms with Crippen molar-refractivity contribution < 1.29 is 22.7 Å². The van der Waals surface area contributed by atoms with Crippen molar-refractivity contribution in [2.24, 2.45) is 0 Å². The van der Waals surface area contributed by atoms with Gasteiger partial charge in [-0.3, -0.25) is 0 Å². The van der Waals surface area contributed by atoms with Crippen LogP contribution in [-0.2, 0) is 17.9 Å². The molecule has 1 aliphatic heterocycles. The van der Waals surface area contributed by atoms with E-state index in [9.17, 15) is 13.6 Å². The molecule has 2 heterocycles. The van der Waals surface area contributed by atoms with Crippen LogP contribution in [0.4, 0.5) is 8.78 Å². The zero-order chi connectivity index (χ0) is 17.4. The Hall–Kier alpha value is -3.00. The van der Waals surface area contributed by atoms with E-state index in [0.717, 1.165) is 4.68 Å². The van der Waals surface area contributed by atoms with Gasteiger partial charge in [-0.25, -0.2) is 13.6 Å². The quantitative estimate of drug-likeness (QED) is 0.729. The van der Waals surface area contributed by atoms with Crippen LogP contribution in [0.1, 0.15) is 11.1 Å². The summed E-state index contributed by atoms with van der Waals surface area (Å²) in [6.07, 6.45) is 0. The summed E-state index contributed by atoms with van der Waals surface area (Å²) in [5.41, 5.74) is 1.49. The van der Waals surface area contributed by atoms with E-state index in [0.29, 0.717) is 22.4 Å². The van der Waals surface area contributed by atoms with Crippen LogP contribution in [0, 0.1) is 11.6 Å². The van der Waals surface area contributed by atoms with Crippen molar-refractivity contribution >= 4 is 0 Å². The Morgan fingerprint density at radius 2 is 1.92 bits per heavy atom.